The predicted molar refractivity (Wildman–Crippen MR) is 108 cm³/mol. The lowest BCUT2D eigenvalue weighted by Crippen LogP contribution is -2.54. The zero-order valence-corrected chi connectivity index (χ0v) is 17.1. The number of nitrogens with one attached hydrogen (secondary N) is 1. The number of piperazine rings is 1. The number of piperidine rings is 1. The smallest absolute Gasteiger partial charge is 0.262 e. The second-order valence-electron chi connectivity index (χ2n) is 8.38. The number of hydrogen-bond acceptors (Lipinski definition) is 7. The zero-order chi connectivity index (χ0) is 21.4. The van der Waals surface area contributed by atoms with E-state index in [4.69, 9.17) is 5.73 Å². The summed E-state index contributed by atoms with van der Waals surface area (Å²) in [6.45, 7) is 7.32. The van der Waals surface area contributed by atoms with Gasteiger partial charge in [-0.2, -0.15) is 0 Å². The normalized spacial score (nSPS) is 24.2. The number of rotatable bonds is 5. The number of benzene rings is 1. The minimum atomic E-state index is -0.934. The first-order valence-electron chi connectivity index (χ1n) is 10.4. The molecule has 3 aliphatic heterocycles. The first-order valence-corrected chi connectivity index (χ1v) is 10.4. The molecule has 4 amide bonds. The van der Waals surface area contributed by atoms with Crippen molar-refractivity contribution in [3.8, 4) is 0 Å². The fraction of sp³-hybridized carbons (Fsp3) is 0.524. The van der Waals surface area contributed by atoms with E-state index in [0.717, 1.165) is 43.2 Å². The zero-order valence-electron chi connectivity index (χ0n) is 17.1. The van der Waals surface area contributed by atoms with Gasteiger partial charge in [-0.3, -0.25) is 39.2 Å². The van der Waals surface area contributed by atoms with E-state index in [9.17, 15) is 19.2 Å². The quantitative estimate of drug-likeness (QED) is 0.628. The van der Waals surface area contributed by atoms with Crippen molar-refractivity contribution in [2.75, 3.05) is 32.7 Å². The van der Waals surface area contributed by atoms with Crippen LogP contribution in [-0.2, 0) is 16.1 Å². The van der Waals surface area contributed by atoms with Crippen molar-refractivity contribution >= 4 is 23.6 Å². The van der Waals surface area contributed by atoms with Gasteiger partial charge in [-0.15, -0.1) is 0 Å². The maximum absolute atomic E-state index is 12.9. The van der Waals surface area contributed by atoms with Crippen molar-refractivity contribution in [2.45, 2.75) is 38.4 Å². The van der Waals surface area contributed by atoms with Gasteiger partial charge in [-0.1, -0.05) is 6.07 Å². The van der Waals surface area contributed by atoms with Gasteiger partial charge in [0.15, 0.2) is 0 Å². The third kappa shape index (κ3) is 4.00. The van der Waals surface area contributed by atoms with Crippen LogP contribution in [0.1, 0.15) is 46.0 Å². The summed E-state index contributed by atoms with van der Waals surface area (Å²) in [4.78, 5) is 54.9. The van der Waals surface area contributed by atoms with E-state index in [0.29, 0.717) is 17.7 Å². The van der Waals surface area contributed by atoms with Gasteiger partial charge in [0.25, 0.3) is 11.8 Å². The average molecular weight is 413 g/mol. The van der Waals surface area contributed by atoms with Gasteiger partial charge in [-0.25, -0.2) is 0 Å². The predicted octanol–water partition coefficient (Wildman–Crippen LogP) is -0.447. The highest BCUT2D eigenvalue weighted by Gasteiger charge is 2.44. The number of carbonyl (C=O) groups excluding carboxylic acids is 4. The Morgan fingerprint density at radius 1 is 1.03 bits per heavy atom. The van der Waals surface area contributed by atoms with Crippen LogP contribution in [0, 0.1) is 0 Å². The van der Waals surface area contributed by atoms with Gasteiger partial charge >= 0.3 is 0 Å². The molecular formula is C21H27N5O4. The number of nitrogens with zero attached hydrogens (tertiary/aromatic N) is 3. The highest BCUT2D eigenvalue weighted by Crippen LogP contribution is 2.28. The van der Waals surface area contributed by atoms with E-state index in [1.165, 1.54) is 0 Å². The fourth-order valence-electron chi connectivity index (χ4n) is 4.41. The second kappa shape index (κ2) is 8.25. The van der Waals surface area contributed by atoms with Gasteiger partial charge < -0.3 is 5.73 Å². The molecule has 0 aromatic heterocycles. The Labute approximate surface area is 175 Å². The van der Waals surface area contributed by atoms with Crippen LogP contribution in [0.25, 0.3) is 0 Å². The highest BCUT2D eigenvalue weighted by atomic mass is 16.2. The second-order valence-corrected chi connectivity index (χ2v) is 8.38. The largest absolute Gasteiger partial charge is 0.327 e. The van der Waals surface area contributed by atoms with Gasteiger partial charge in [0, 0.05) is 51.7 Å². The molecule has 0 aliphatic carbocycles. The average Bonchev–Trinajstić information content (AvgIpc) is 2.94. The Kier molecular flexibility index (Phi) is 5.68. The Hall–Kier alpha value is -2.62. The SMILES string of the molecule is C[C@@H](N)CN1CCN(Cc2ccc3c(c2)C(=O)N(C2CCC(=O)NC2=O)C3=O)CC1. The van der Waals surface area contributed by atoms with Crippen LogP contribution in [-0.4, -0.2) is 83.1 Å². The summed E-state index contributed by atoms with van der Waals surface area (Å²) in [5, 5.41) is 2.21. The van der Waals surface area contributed by atoms with Crippen LogP contribution < -0.4 is 11.1 Å². The molecule has 3 heterocycles. The van der Waals surface area contributed by atoms with E-state index >= 15 is 0 Å². The molecule has 3 aliphatic rings. The molecule has 9 heteroatoms. The molecular weight excluding hydrogens is 386 g/mol. The van der Waals surface area contributed by atoms with Crippen LogP contribution in [0.15, 0.2) is 18.2 Å². The summed E-state index contributed by atoms with van der Waals surface area (Å²) < 4.78 is 0. The third-order valence-electron chi connectivity index (χ3n) is 5.92. The Morgan fingerprint density at radius 2 is 1.70 bits per heavy atom. The highest BCUT2D eigenvalue weighted by molar-refractivity contribution is 6.23. The summed E-state index contributed by atoms with van der Waals surface area (Å²) in [7, 11) is 0. The van der Waals surface area contributed by atoms with Gasteiger partial charge in [0.2, 0.25) is 11.8 Å². The molecule has 0 radical (unpaired) electrons. The lowest BCUT2D eigenvalue weighted by Gasteiger charge is -2.35. The van der Waals surface area contributed by atoms with Crippen molar-refractivity contribution in [3.05, 3.63) is 34.9 Å². The Morgan fingerprint density at radius 3 is 2.37 bits per heavy atom. The Balaban J connectivity index is 1.44. The van der Waals surface area contributed by atoms with Crippen molar-refractivity contribution in [3.63, 3.8) is 0 Å². The topological polar surface area (TPSA) is 116 Å². The summed E-state index contributed by atoms with van der Waals surface area (Å²) in [5.74, 6) is -1.91. The lowest BCUT2D eigenvalue weighted by atomic mass is 10.0. The molecule has 2 fully saturated rings. The minimum Gasteiger partial charge on any atom is -0.327 e. The summed E-state index contributed by atoms with van der Waals surface area (Å²) in [6.07, 6.45) is 0.276. The maximum atomic E-state index is 12.9. The number of carbonyl (C=O) groups is 4. The summed E-state index contributed by atoms with van der Waals surface area (Å²) >= 11 is 0. The molecule has 9 nitrogen and oxygen atoms in total. The first kappa shape index (κ1) is 20.6. The summed E-state index contributed by atoms with van der Waals surface area (Å²) in [6, 6.07) is 4.52. The van der Waals surface area contributed by atoms with Crippen molar-refractivity contribution in [2.24, 2.45) is 5.73 Å². The van der Waals surface area contributed by atoms with Crippen LogP contribution in [0.5, 0.6) is 0 Å². The summed E-state index contributed by atoms with van der Waals surface area (Å²) in [5.41, 5.74) is 7.48. The standard InChI is InChI=1S/C21H27N5O4/c1-13(22)11-24-6-8-25(9-7-24)12-14-2-3-15-16(10-14)21(30)26(20(15)29)17-4-5-18(27)23-19(17)28/h2-3,10,13,17H,4-9,11-12,22H2,1H3,(H,23,27,28)/t13-,17?/m1/s1. The molecule has 160 valence electrons. The molecule has 0 bridgehead atoms. The maximum Gasteiger partial charge on any atom is 0.262 e. The van der Waals surface area contributed by atoms with Crippen LogP contribution >= 0.6 is 0 Å². The molecule has 1 unspecified atom stereocenters. The van der Waals surface area contributed by atoms with E-state index in [1.54, 1.807) is 12.1 Å². The van der Waals surface area contributed by atoms with Gasteiger partial charge in [0.05, 0.1) is 11.1 Å². The van der Waals surface area contributed by atoms with Crippen molar-refractivity contribution in [1.82, 2.24) is 20.0 Å². The van der Waals surface area contributed by atoms with Gasteiger partial charge in [-0.05, 0) is 31.0 Å². The molecule has 0 saturated carbocycles. The molecule has 2 saturated heterocycles. The van der Waals surface area contributed by atoms with Crippen LogP contribution in [0.4, 0.5) is 0 Å². The molecule has 0 spiro atoms. The Bertz CT molecular complexity index is 891. The van der Waals surface area contributed by atoms with E-state index in [1.807, 2.05) is 13.0 Å². The molecule has 30 heavy (non-hydrogen) atoms. The molecule has 1 aromatic rings. The van der Waals surface area contributed by atoms with E-state index < -0.39 is 23.8 Å². The molecule has 2 atom stereocenters. The third-order valence-corrected chi connectivity index (χ3v) is 5.92. The fourth-order valence-corrected chi connectivity index (χ4v) is 4.41. The number of imide groups is 2. The van der Waals surface area contributed by atoms with E-state index in [2.05, 4.69) is 15.1 Å². The minimum absolute atomic E-state index is 0.115. The molecule has 1 aromatic carbocycles. The van der Waals surface area contributed by atoms with Crippen molar-refractivity contribution in [1.29, 1.82) is 0 Å². The molecule has 3 N–H and O–H groups in total. The van der Waals surface area contributed by atoms with Crippen LogP contribution in [0.2, 0.25) is 0 Å². The van der Waals surface area contributed by atoms with E-state index in [-0.39, 0.29) is 24.8 Å². The van der Waals surface area contributed by atoms with Crippen molar-refractivity contribution < 1.29 is 19.2 Å². The monoisotopic (exact) mass is 413 g/mol. The number of fused-ring (bicyclic) bond motifs is 1. The number of hydrogen-bond donors (Lipinski definition) is 2. The number of amides is 4. The lowest BCUT2D eigenvalue weighted by molar-refractivity contribution is -0.136. The van der Waals surface area contributed by atoms with Crippen LogP contribution in [0.3, 0.4) is 0 Å². The number of nitrogens with two attached hydrogens (primary N) is 1. The van der Waals surface area contributed by atoms with Gasteiger partial charge in [0.1, 0.15) is 6.04 Å². The molecule has 4 rings (SSSR count). The first-order chi connectivity index (χ1) is 14.3.